The largest absolute Gasteiger partial charge is 0.493 e. The van der Waals surface area contributed by atoms with Crippen molar-refractivity contribution in [3.8, 4) is 11.5 Å². The fourth-order valence-corrected chi connectivity index (χ4v) is 3.64. The van der Waals surface area contributed by atoms with Crippen LogP contribution in [0.15, 0.2) is 36.4 Å². The SMILES string of the molecule is CCCCCCCCOc1cccc2cccc(OCCCCCCCC)c12. The second-order valence-corrected chi connectivity index (χ2v) is 7.84. The summed E-state index contributed by atoms with van der Waals surface area (Å²) in [5.41, 5.74) is 0. The third kappa shape index (κ3) is 8.12. The van der Waals surface area contributed by atoms with Crippen molar-refractivity contribution < 1.29 is 9.47 Å². The molecule has 28 heavy (non-hydrogen) atoms. The van der Waals surface area contributed by atoms with Gasteiger partial charge in [0, 0.05) is 0 Å². The summed E-state index contributed by atoms with van der Waals surface area (Å²) in [5.74, 6) is 1.93. The van der Waals surface area contributed by atoms with Crippen molar-refractivity contribution in [1.29, 1.82) is 0 Å². The van der Waals surface area contributed by atoms with E-state index >= 15 is 0 Å². The molecule has 2 rings (SSSR count). The minimum atomic E-state index is 0.789. The second kappa shape index (κ2) is 14.3. The van der Waals surface area contributed by atoms with Gasteiger partial charge in [-0.3, -0.25) is 0 Å². The molecule has 2 aromatic rings. The average Bonchev–Trinajstić information content (AvgIpc) is 2.72. The number of hydrogen-bond acceptors (Lipinski definition) is 2. The van der Waals surface area contributed by atoms with Crippen LogP contribution in [0.1, 0.15) is 90.9 Å². The molecule has 0 heterocycles. The van der Waals surface area contributed by atoms with Gasteiger partial charge in [0.1, 0.15) is 11.5 Å². The Bertz CT molecular complexity index is 597. The van der Waals surface area contributed by atoms with E-state index in [-0.39, 0.29) is 0 Å². The first-order valence-corrected chi connectivity index (χ1v) is 11.6. The summed E-state index contributed by atoms with van der Waals surface area (Å²) in [7, 11) is 0. The molecule has 2 nitrogen and oxygen atoms in total. The summed E-state index contributed by atoms with van der Waals surface area (Å²) < 4.78 is 12.3. The molecule has 2 heteroatoms. The van der Waals surface area contributed by atoms with E-state index in [1.54, 1.807) is 0 Å². The van der Waals surface area contributed by atoms with Crippen LogP contribution >= 0.6 is 0 Å². The van der Waals surface area contributed by atoms with Crippen molar-refractivity contribution in [2.24, 2.45) is 0 Å². The molecule has 0 amide bonds. The number of unbranched alkanes of at least 4 members (excludes halogenated alkanes) is 10. The molecule has 0 fully saturated rings. The second-order valence-electron chi connectivity index (χ2n) is 7.84. The molecule has 0 spiro atoms. The van der Waals surface area contributed by atoms with Gasteiger partial charge in [-0.25, -0.2) is 0 Å². The van der Waals surface area contributed by atoms with E-state index in [0.717, 1.165) is 42.9 Å². The zero-order chi connectivity index (χ0) is 19.9. The molecule has 2 aromatic carbocycles. The molecule has 0 aliphatic carbocycles. The van der Waals surface area contributed by atoms with E-state index in [1.807, 2.05) is 0 Å². The Hall–Kier alpha value is -1.70. The Morgan fingerprint density at radius 1 is 0.536 bits per heavy atom. The Labute approximate surface area is 172 Å². The molecule has 0 bridgehead atoms. The highest BCUT2D eigenvalue weighted by molar-refractivity contribution is 5.93. The van der Waals surface area contributed by atoms with Crippen LogP contribution in [0.3, 0.4) is 0 Å². The Kier molecular flexibility index (Phi) is 11.6. The molecule has 0 N–H and O–H groups in total. The van der Waals surface area contributed by atoms with Gasteiger partial charge < -0.3 is 9.47 Å². The molecule has 0 saturated carbocycles. The highest BCUT2D eigenvalue weighted by Crippen LogP contribution is 2.34. The van der Waals surface area contributed by atoms with E-state index in [4.69, 9.17) is 9.47 Å². The van der Waals surface area contributed by atoms with Gasteiger partial charge in [-0.2, -0.15) is 0 Å². The maximum atomic E-state index is 6.16. The van der Waals surface area contributed by atoms with Crippen LogP contribution < -0.4 is 9.47 Å². The molecular formula is C26H40O2. The van der Waals surface area contributed by atoms with Gasteiger partial charge in [0.15, 0.2) is 0 Å². The molecule has 0 aromatic heterocycles. The number of ether oxygens (including phenoxy) is 2. The summed E-state index contributed by atoms with van der Waals surface area (Å²) in [6.07, 6.45) is 15.4. The zero-order valence-corrected chi connectivity index (χ0v) is 18.2. The van der Waals surface area contributed by atoms with Crippen LogP contribution in [0.5, 0.6) is 11.5 Å². The van der Waals surface area contributed by atoms with Crippen LogP contribution in [-0.4, -0.2) is 13.2 Å². The van der Waals surface area contributed by atoms with Gasteiger partial charge in [0.2, 0.25) is 0 Å². The zero-order valence-electron chi connectivity index (χ0n) is 18.2. The molecule has 156 valence electrons. The minimum absolute atomic E-state index is 0.789. The topological polar surface area (TPSA) is 18.5 Å². The number of rotatable bonds is 16. The van der Waals surface area contributed by atoms with Crippen molar-refractivity contribution in [3.63, 3.8) is 0 Å². The highest BCUT2D eigenvalue weighted by atomic mass is 16.5. The summed E-state index contributed by atoms with van der Waals surface area (Å²) in [4.78, 5) is 0. The first-order chi connectivity index (χ1) is 13.9. The standard InChI is InChI=1S/C26H40O2/c1-3-5-7-9-11-13-21-27-24-19-15-17-23-18-16-20-25(26(23)24)28-22-14-12-10-8-6-4-2/h15-20H,3-14,21-22H2,1-2H3. The number of hydrogen-bond donors (Lipinski definition) is 0. The first kappa shape index (κ1) is 22.6. The lowest BCUT2D eigenvalue weighted by atomic mass is 10.1. The molecular weight excluding hydrogens is 344 g/mol. The molecule has 0 unspecified atom stereocenters. The van der Waals surface area contributed by atoms with Gasteiger partial charge in [-0.1, -0.05) is 102 Å². The minimum Gasteiger partial charge on any atom is -0.493 e. The van der Waals surface area contributed by atoms with Gasteiger partial charge in [0.05, 0.1) is 18.6 Å². The summed E-state index contributed by atoms with van der Waals surface area (Å²) >= 11 is 0. The summed E-state index contributed by atoms with van der Waals surface area (Å²) in [6, 6.07) is 12.6. The van der Waals surface area contributed by atoms with Crippen molar-refractivity contribution >= 4 is 10.8 Å². The van der Waals surface area contributed by atoms with Crippen LogP contribution in [0.2, 0.25) is 0 Å². The summed E-state index contributed by atoms with van der Waals surface area (Å²) in [6.45, 7) is 6.10. The fourth-order valence-electron chi connectivity index (χ4n) is 3.64. The van der Waals surface area contributed by atoms with Crippen LogP contribution in [-0.2, 0) is 0 Å². The monoisotopic (exact) mass is 384 g/mol. The lowest BCUT2D eigenvalue weighted by Gasteiger charge is -2.14. The molecule has 0 radical (unpaired) electrons. The van der Waals surface area contributed by atoms with E-state index in [0.29, 0.717) is 0 Å². The molecule has 0 atom stereocenters. The Morgan fingerprint density at radius 2 is 0.964 bits per heavy atom. The Balaban J connectivity index is 1.84. The predicted molar refractivity (Wildman–Crippen MR) is 122 cm³/mol. The van der Waals surface area contributed by atoms with Gasteiger partial charge in [0.25, 0.3) is 0 Å². The van der Waals surface area contributed by atoms with Gasteiger partial charge in [-0.15, -0.1) is 0 Å². The lowest BCUT2D eigenvalue weighted by molar-refractivity contribution is 0.297. The fraction of sp³-hybridized carbons (Fsp3) is 0.615. The average molecular weight is 385 g/mol. The predicted octanol–water partition coefficient (Wildman–Crippen LogP) is 8.32. The van der Waals surface area contributed by atoms with Crippen LogP contribution in [0, 0.1) is 0 Å². The van der Waals surface area contributed by atoms with Crippen molar-refractivity contribution in [1.82, 2.24) is 0 Å². The molecule has 0 saturated heterocycles. The van der Waals surface area contributed by atoms with Crippen molar-refractivity contribution in [2.75, 3.05) is 13.2 Å². The van der Waals surface area contributed by atoms with Crippen LogP contribution in [0.4, 0.5) is 0 Å². The normalized spacial score (nSPS) is 11.1. The highest BCUT2D eigenvalue weighted by Gasteiger charge is 2.08. The Morgan fingerprint density at radius 3 is 1.43 bits per heavy atom. The van der Waals surface area contributed by atoms with Crippen molar-refractivity contribution in [3.05, 3.63) is 36.4 Å². The van der Waals surface area contributed by atoms with Gasteiger partial charge >= 0.3 is 0 Å². The molecule has 0 aliphatic heterocycles. The van der Waals surface area contributed by atoms with E-state index in [9.17, 15) is 0 Å². The lowest BCUT2D eigenvalue weighted by Crippen LogP contribution is -2.01. The maximum absolute atomic E-state index is 6.16. The maximum Gasteiger partial charge on any atom is 0.130 e. The smallest absolute Gasteiger partial charge is 0.130 e. The summed E-state index contributed by atoms with van der Waals surface area (Å²) in [5, 5.41) is 2.32. The van der Waals surface area contributed by atoms with E-state index in [1.165, 1.54) is 69.6 Å². The third-order valence-corrected chi connectivity index (χ3v) is 5.34. The first-order valence-electron chi connectivity index (χ1n) is 11.6. The van der Waals surface area contributed by atoms with Gasteiger partial charge in [-0.05, 0) is 30.4 Å². The molecule has 0 aliphatic rings. The van der Waals surface area contributed by atoms with E-state index < -0.39 is 0 Å². The van der Waals surface area contributed by atoms with Crippen LogP contribution in [0.25, 0.3) is 10.8 Å². The van der Waals surface area contributed by atoms with Crippen molar-refractivity contribution in [2.45, 2.75) is 90.9 Å². The number of fused-ring (bicyclic) bond motifs is 1. The number of benzene rings is 2. The third-order valence-electron chi connectivity index (χ3n) is 5.34. The van der Waals surface area contributed by atoms with E-state index in [2.05, 4.69) is 50.2 Å². The quantitative estimate of drug-likeness (QED) is 0.271.